The first-order valence-electron chi connectivity index (χ1n) is 8.90. The number of aromatic hydroxyl groups is 1. The Balaban J connectivity index is 1.54. The molecule has 4 nitrogen and oxygen atoms in total. The predicted octanol–water partition coefficient (Wildman–Crippen LogP) is 6.10. The van der Waals surface area contributed by atoms with Gasteiger partial charge in [0.1, 0.15) is 23.0 Å². The van der Waals surface area contributed by atoms with Crippen LogP contribution in [0.4, 0.5) is 5.69 Å². The summed E-state index contributed by atoms with van der Waals surface area (Å²) in [5.74, 6) is 2.37. The molecule has 0 aliphatic heterocycles. The predicted molar refractivity (Wildman–Crippen MR) is 112 cm³/mol. The SMILES string of the molecule is COc1cccc(Oc2ccc(N=Cc3c(O)ccc4ccccc34)cc2)c1. The van der Waals surface area contributed by atoms with Gasteiger partial charge in [0, 0.05) is 17.8 Å². The van der Waals surface area contributed by atoms with E-state index in [9.17, 15) is 5.11 Å². The van der Waals surface area contributed by atoms with Gasteiger partial charge >= 0.3 is 0 Å². The van der Waals surface area contributed by atoms with Crippen molar-refractivity contribution < 1.29 is 14.6 Å². The molecule has 4 aromatic rings. The van der Waals surface area contributed by atoms with Gasteiger partial charge < -0.3 is 14.6 Å². The summed E-state index contributed by atoms with van der Waals surface area (Å²) < 4.78 is 11.0. The third-order valence-electron chi connectivity index (χ3n) is 4.40. The fraction of sp³-hybridized carbons (Fsp3) is 0.0417. The van der Waals surface area contributed by atoms with Gasteiger partial charge in [0.05, 0.1) is 12.8 Å². The zero-order valence-corrected chi connectivity index (χ0v) is 15.4. The van der Waals surface area contributed by atoms with Crippen LogP contribution in [-0.2, 0) is 0 Å². The molecular weight excluding hydrogens is 350 g/mol. The van der Waals surface area contributed by atoms with E-state index in [0.717, 1.165) is 22.2 Å². The Labute approximate surface area is 163 Å². The summed E-state index contributed by atoms with van der Waals surface area (Å²) in [4.78, 5) is 4.50. The molecule has 0 radical (unpaired) electrons. The zero-order chi connectivity index (χ0) is 19.3. The molecule has 4 heteroatoms. The second kappa shape index (κ2) is 7.84. The zero-order valence-electron chi connectivity index (χ0n) is 15.4. The van der Waals surface area contributed by atoms with Gasteiger partial charge in [-0.3, -0.25) is 4.99 Å². The molecule has 0 heterocycles. The number of fused-ring (bicyclic) bond motifs is 1. The van der Waals surface area contributed by atoms with Crippen molar-refractivity contribution >= 4 is 22.7 Å². The lowest BCUT2D eigenvalue weighted by atomic mass is 10.0. The topological polar surface area (TPSA) is 51.0 Å². The summed E-state index contributed by atoms with van der Waals surface area (Å²) in [6.45, 7) is 0. The highest BCUT2D eigenvalue weighted by atomic mass is 16.5. The molecule has 4 rings (SSSR count). The molecule has 0 atom stereocenters. The van der Waals surface area contributed by atoms with Gasteiger partial charge in [-0.1, -0.05) is 36.4 Å². The quantitative estimate of drug-likeness (QED) is 0.433. The first-order valence-corrected chi connectivity index (χ1v) is 8.90. The minimum Gasteiger partial charge on any atom is -0.507 e. The Bertz CT molecular complexity index is 1130. The monoisotopic (exact) mass is 369 g/mol. The van der Waals surface area contributed by atoms with Crippen LogP contribution >= 0.6 is 0 Å². The van der Waals surface area contributed by atoms with Crippen molar-refractivity contribution in [3.05, 3.63) is 90.5 Å². The van der Waals surface area contributed by atoms with Crippen molar-refractivity contribution in [3.8, 4) is 23.0 Å². The maximum Gasteiger partial charge on any atom is 0.131 e. The first kappa shape index (κ1) is 17.6. The van der Waals surface area contributed by atoms with Gasteiger partial charge in [-0.05, 0) is 53.2 Å². The van der Waals surface area contributed by atoms with Crippen molar-refractivity contribution in [2.45, 2.75) is 0 Å². The molecule has 0 amide bonds. The lowest BCUT2D eigenvalue weighted by Crippen LogP contribution is -1.87. The van der Waals surface area contributed by atoms with Crippen molar-refractivity contribution in [3.63, 3.8) is 0 Å². The Hall–Kier alpha value is -3.79. The maximum absolute atomic E-state index is 10.2. The van der Waals surface area contributed by atoms with Crippen LogP contribution < -0.4 is 9.47 Å². The normalized spacial score (nSPS) is 11.0. The van der Waals surface area contributed by atoms with Crippen molar-refractivity contribution in [2.75, 3.05) is 7.11 Å². The van der Waals surface area contributed by atoms with Gasteiger partial charge in [-0.25, -0.2) is 0 Å². The molecule has 0 aromatic heterocycles. The molecular formula is C24H19NO3. The number of benzene rings is 4. The summed E-state index contributed by atoms with van der Waals surface area (Å²) in [5.41, 5.74) is 1.47. The molecule has 1 N–H and O–H groups in total. The Kier molecular flexibility index (Phi) is 4.93. The van der Waals surface area contributed by atoms with E-state index < -0.39 is 0 Å². The molecule has 0 aliphatic rings. The molecule has 4 aromatic carbocycles. The average Bonchev–Trinajstić information content (AvgIpc) is 2.74. The number of phenols is 1. The number of hydrogen-bond acceptors (Lipinski definition) is 4. The first-order chi connectivity index (χ1) is 13.7. The standard InChI is InChI=1S/C24H19NO3/c1-27-20-6-4-7-21(15-20)28-19-12-10-18(11-13-19)25-16-23-22-8-3-2-5-17(22)9-14-24(23)26/h2-16,26H,1H3. The number of phenolic OH excluding ortho intramolecular Hbond substituents is 1. The lowest BCUT2D eigenvalue weighted by Gasteiger charge is -2.07. The highest BCUT2D eigenvalue weighted by molar-refractivity contribution is 6.02. The van der Waals surface area contributed by atoms with E-state index in [4.69, 9.17) is 9.47 Å². The van der Waals surface area contributed by atoms with Crippen LogP contribution in [0.3, 0.4) is 0 Å². The van der Waals surface area contributed by atoms with E-state index in [2.05, 4.69) is 4.99 Å². The van der Waals surface area contributed by atoms with Gasteiger partial charge in [-0.2, -0.15) is 0 Å². The Morgan fingerprint density at radius 2 is 1.57 bits per heavy atom. The highest BCUT2D eigenvalue weighted by Gasteiger charge is 2.04. The minimum atomic E-state index is 0.209. The Morgan fingerprint density at radius 3 is 2.39 bits per heavy atom. The van der Waals surface area contributed by atoms with Crippen LogP contribution in [0.15, 0.2) is 89.9 Å². The van der Waals surface area contributed by atoms with E-state index >= 15 is 0 Å². The molecule has 0 aliphatic carbocycles. The van der Waals surface area contributed by atoms with Crippen LogP contribution in [0.1, 0.15) is 5.56 Å². The number of hydrogen-bond donors (Lipinski definition) is 1. The summed E-state index contributed by atoms with van der Waals surface area (Å²) >= 11 is 0. The maximum atomic E-state index is 10.2. The number of nitrogens with zero attached hydrogens (tertiary/aromatic N) is 1. The molecule has 0 bridgehead atoms. The molecule has 0 unspecified atom stereocenters. The summed E-state index contributed by atoms with van der Waals surface area (Å²) in [6, 6.07) is 26.4. The summed E-state index contributed by atoms with van der Waals surface area (Å²) in [5, 5.41) is 12.2. The van der Waals surface area contributed by atoms with E-state index in [1.165, 1.54) is 0 Å². The minimum absolute atomic E-state index is 0.209. The second-order valence-electron chi connectivity index (χ2n) is 6.25. The third kappa shape index (κ3) is 3.81. The summed E-state index contributed by atoms with van der Waals surface area (Å²) in [7, 11) is 1.62. The molecule has 0 saturated heterocycles. The molecule has 0 spiro atoms. The van der Waals surface area contributed by atoms with Crippen molar-refractivity contribution in [1.82, 2.24) is 0 Å². The summed E-state index contributed by atoms with van der Waals surface area (Å²) in [6.07, 6.45) is 1.69. The van der Waals surface area contributed by atoms with Crippen LogP contribution in [0.5, 0.6) is 23.0 Å². The highest BCUT2D eigenvalue weighted by Crippen LogP contribution is 2.28. The average molecular weight is 369 g/mol. The third-order valence-corrected chi connectivity index (χ3v) is 4.40. The van der Waals surface area contributed by atoms with E-state index in [1.54, 1.807) is 19.4 Å². The van der Waals surface area contributed by atoms with Crippen molar-refractivity contribution in [2.24, 2.45) is 4.99 Å². The lowest BCUT2D eigenvalue weighted by molar-refractivity contribution is 0.409. The Morgan fingerprint density at radius 1 is 0.786 bits per heavy atom. The molecule has 0 saturated carbocycles. The van der Waals surface area contributed by atoms with Gasteiger partial charge in [0.2, 0.25) is 0 Å². The smallest absolute Gasteiger partial charge is 0.131 e. The van der Waals surface area contributed by atoms with Crippen LogP contribution in [0.2, 0.25) is 0 Å². The van der Waals surface area contributed by atoms with Gasteiger partial charge in [0.25, 0.3) is 0 Å². The number of ether oxygens (including phenoxy) is 2. The largest absolute Gasteiger partial charge is 0.507 e. The molecule has 0 fully saturated rings. The van der Waals surface area contributed by atoms with Crippen LogP contribution in [-0.4, -0.2) is 18.4 Å². The van der Waals surface area contributed by atoms with E-state index in [1.807, 2.05) is 78.9 Å². The van der Waals surface area contributed by atoms with E-state index in [0.29, 0.717) is 17.1 Å². The second-order valence-corrected chi connectivity index (χ2v) is 6.25. The fourth-order valence-electron chi connectivity index (χ4n) is 2.96. The van der Waals surface area contributed by atoms with Crippen molar-refractivity contribution in [1.29, 1.82) is 0 Å². The van der Waals surface area contributed by atoms with Gasteiger partial charge in [0.15, 0.2) is 0 Å². The van der Waals surface area contributed by atoms with Crippen LogP contribution in [0.25, 0.3) is 10.8 Å². The number of rotatable bonds is 5. The molecule has 138 valence electrons. The molecule has 28 heavy (non-hydrogen) atoms. The van der Waals surface area contributed by atoms with Crippen LogP contribution in [0, 0.1) is 0 Å². The number of aliphatic imine (C=N–C) groups is 1. The van der Waals surface area contributed by atoms with Gasteiger partial charge in [-0.15, -0.1) is 0 Å². The fourth-order valence-corrected chi connectivity index (χ4v) is 2.96. The number of methoxy groups -OCH3 is 1. The van der Waals surface area contributed by atoms with E-state index in [-0.39, 0.29) is 5.75 Å².